The summed E-state index contributed by atoms with van der Waals surface area (Å²) in [4.78, 5) is 0.242. The Labute approximate surface area is 126 Å². The van der Waals surface area contributed by atoms with Crippen LogP contribution in [-0.4, -0.2) is 22.6 Å². The predicted octanol–water partition coefficient (Wildman–Crippen LogP) is 3.14. The number of benzene rings is 2. The van der Waals surface area contributed by atoms with Crippen LogP contribution in [0.4, 0.5) is 5.69 Å². The van der Waals surface area contributed by atoms with E-state index in [2.05, 4.69) is 0 Å². The molecule has 0 saturated carbocycles. The molecule has 0 aliphatic carbocycles. The minimum Gasteiger partial charge on any atom is -0.497 e. The van der Waals surface area contributed by atoms with Gasteiger partial charge in [-0.15, -0.1) is 0 Å². The van der Waals surface area contributed by atoms with Gasteiger partial charge in [0.1, 0.15) is 5.75 Å². The number of hydrogen-bond acceptors (Lipinski definition) is 3. The Hall–Kier alpha value is -2.01. The molecule has 0 fully saturated rings. The van der Waals surface area contributed by atoms with E-state index >= 15 is 0 Å². The monoisotopic (exact) mass is 305 g/mol. The summed E-state index contributed by atoms with van der Waals surface area (Å²) in [6.07, 6.45) is 0. The topological polar surface area (TPSA) is 46.6 Å². The van der Waals surface area contributed by atoms with Crippen LogP contribution >= 0.6 is 0 Å². The fraction of sp³-hybridized carbons (Fsp3) is 0.250. The molecule has 2 rings (SSSR count). The highest BCUT2D eigenvalue weighted by molar-refractivity contribution is 7.92. The molecule has 4 nitrogen and oxygen atoms in total. The third-order valence-corrected chi connectivity index (χ3v) is 5.21. The number of nitrogens with zero attached hydrogens (tertiary/aromatic N) is 1. The molecule has 0 aromatic heterocycles. The molecule has 21 heavy (non-hydrogen) atoms. The molecule has 0 saturated heterocycles. The molecule has 0 heterocycles. The summed E-state index contributed by atoms with van der Waals surface area (Å²) in [6.45, 7) is 3.84. The van der Waals surface area contributed by atoms with Gasteiger partial charge in [0.15, 0.2) is 0 Å². The lowest BCUT2D eigenvalue weighted by atomic mass is 10.1. The van der Waals surface area contributed by atoms with Crippen LogP contribution in [0.2, 0.25) is 0 Å². The highest BCUT2D eigenvalue weighted by Gasteiger charge is 2.22. The molecule has 2 aromatic carbocycles. The highest BCUT2D eigenvalue weighted by Crippen LogP contribution is 2.27. The summed E-state index contributed by atoms with van der Waals surface area (Å²) < 4.78 is 31.7. The van der Waals surface area contributed by atoms with Crippen molar-refractivity contribution in [2.24, 2.45) is 0 Å². The normalized spacial score (nSPS) is 11.2. The summed E-state index contributed by atoms with van der Waals surface area (Å²) >= 11 is 0. The van der Waals surface area contributed by atoms with E-state index in [0.29, 0.717) is 11.4 Å². The van der Waals surface area contributed by atoms with Gasteiger partial charge in [-0.3, -0.25) is 4.31 Å². The molecule has 0 unspecified atom stereocenters. The molecule has 0 amide bonds. The first-order valence-electron chi connectivity index (χ1n) is 6.56. The first-order valence-corrected chi connectivity index (χ1v) is 8.00. The first kappa shape index (κ1) is 15.4. The van der Waals surface area contributed by atoms with E-state index in [0.717, 1.165) is 11.1 Å². The predicted molar refractivity (Wildman–Crippen MR) is 84.5 cm³/mol. The van der Waals surface area contributed by atoms with Crippen LogP contribution in [-0.2, 0) is 10.0 Å². The minimum atomic E-state index is -3.58. The molecule has 0 aliphatic rings. The smallest absolute Gasteiger partial charge is 0.264 e. The second-order valence-corrected chi connectivity index (χ2v) is 6.91. The molecule has 0 aliphatic heterocycles. The van der Waals surface area contributed by atoms with E-state index in [1.54, 1.807) is 38.4 Å². The van der Waals surface area contributed by atoms with Gasteiger partial charge < -0.3 is 4.74 Å². The van der Waals surface area contributed by atoms with Crippen molar-refractivity contribution in [2.75, 3.05) is 18.5 Å². The lowest BCUT2D eigenvalue weighted by Gasteiger charge is -2.22. The fourth-order valence-corrected chi connectivity index (χ4v) is 3.35. The molecule has 112 valence electrons. The second kappa shape index (κ2) is 5.77. The third kappa shape index (κ3) is 3.03. The lowest BCUT2D eigenvalue weighted by molar-refractivity contribution is 0.414. The summed E-state index contributed by atoms with van der Waals surface area (Å²) in [6, 6.07) is 12.1. The Morgan fingerprint density at radius 1 is 1.00 bits per heavy atom. The quantitative estimate of drug-likeness (QED) is 0.872. The Kier molecular flexibility index (Phi) is 4.23. The van der Waals surface area contributed by atoms with Crippen molar-refractivity contribution in [1.29, 1.82) is 0 Å². The molecule has 0 atom stereocenters. The van der Waals surface area contributed by atoms with E-state index in [1.165, 1.54) is 4.31 Å². The second-order valence-electron chi connectivity index (χ2n) is 4.94. The summed E-state index contributed by atoms with van der Waals surface area (Å²) in [5.41, 5.74) is 2.62. The first-order chi connectivity index (χ1) is 9.86. The number of aryl methyl sites for hydroxylation is 2. The average Bonchev–Trinajstić information content (AvgIpc) is 2.49. The molecule has 0 spiro atoms. The molecule has 0 radical (unpaired) electrons. The van der Waals surface area contributed by atoms with Crippen molar-refractivity contribution in [1.82, 2.24) is 0 Å². The van der Waals surface area contributed by atoms with Crippen LogP contribution in [0.5, 0.6) is 5.75 Å². The number of hydrogen-bond donors (Lipinski definition) is 0. The van der Waals surface area contributed by atoms with Crippen molar-refractivity contribution in [3.63, 3.8) is 0 Å². The molecule has 2 aromatic rings. The zero-order chi connectivity index (χ0) is 15.6. The number of anilines is 1. The Balaban J connectivity index is 2.44. The van der Waals surface area contributed by atoms with E-state index < -0.39 is 10.0 Å². The maximum atomic E-state index is 12.7. The molecule has 5 heteroatoms. The van der Waals surface area contributed by atoms with Crippen LogP contribution in [0.3, 0.4) is 0 Å². The van der Waals surface area contributed by atoms with Crippen molar-refractivity contribution in [2.45, 2.75) is 18.7 Å². The Bertz CT molecular complexity index is 737. The zero-order valence-electron chi connectivity index (χ0n) is 12.6. The fourth-order valence-electron chi connectivity index (χ4n) is 2.09. The Morgan fingerprint density at radius 3 is 2.19 bits per heavy atom. The highest BCUT2D eigenvalue weighted by atomic mass is 32.2. The summed E-state index contributed by atoms with van der Waals surface area (Å²) in [5.74, 6) is 0.628. The summed E-state index contributed by atoms with van der Waals surface area (Å²) in [7, 11) is -0.460. The summed E-state index contributed by atoms with van der Waals surface area (Å²) in [5, 5.41) is 0. The van der Waals surface area contributed by atoms with E-state index in [1.807, 2.05) is 32.0 Å². The standard InChI is InChI=1S/C16H19NO3S/c1-12-5-6-13(2)16(11-12)17(3)21(18,19)15-9-7-14(20-4)8-10-15/h5-11H,1-4H3. The van der Waals surface area contributed by atoms with Crippen LogP contribution in [0.25, 0.3) is 0 Å². The Morgan fingerprint density at radius 2 is 1.62 bits per heavy atom. The SMILES string of the molecule is COc1ccc(S(=O)(=O)N(C)c2cc(C)ccc2C)cc1. The van der Waals surface area contributed by atoms with Crippen LogP contribution in [0.1, 0.15) is 11.1 Å². The number of sulfonamides is 1. The average molecular weight is 305 g/mol. The van der Waals surface area contributed by atoms with Crippen molar-refractivity contribution in [3.05, 3.63) is 53.6 Å². The largest absolute Gasteiger partial charge is 0.497 e. The van der Waals surface area contributed by atoms with Gasteiger partial charge in [0, 0.05) is 7.05 Å². The molecule has 0 bridgehead atoms. The number of ether oxygens (including phenoxy) is 1. The number of methoxy groups -OCH3 is 1. The van der Waals surface area contributed by atoms with Crippen LogP contribution < -0.4 is 9.04 Å². The van der Waals surface area contributed by atoms with Gasteiger partial charge in [-0.1, -0.05) is 12.1 Å². The third-order valence-electron chi connectivity index (χ3n) is 3.42. The van der Waals surface area contributed by atoms with Crippen molar-refractivity contribution >= 4 is 15.7 Å². The van der Waals surface area contributed by atoms with Crippen molar-refractivity contribution in [3.8, 4) is 5.75 Å². The van der Waals surface area contributed by atoms with Gasteiger partial charge in [-0.2, -0.15) is 0 Å². The molecular formula is C16H19NO3S. The van der Waals surface area contributed by atoms with Gasteiger partial charge in [-0.25, -0.2) is 8.42 Å². The van der Waals surface area contributed by atoms with Crippen LogP contribution in [0.15, 0.2) is 47.4 Å². The van der Waals surface area contributed by atoms with Gasteiger partial charge >= 0.3 is 0 Å². The van der Waals surface area contributed by atoms with Gasteiger partial charge in [0.25, 0.3) is 10.0 Å². The van der Waals surface area contributed by atoms with Crippen molar-refractivity contribution < 1.29 is 13.2 Å². The van der Waals surface area contributed by atoms with Gasteiger partial charge in [0.2, 0.25) is 0 Å². The van der Waals surface area contributed by atoms with E-state index in [4.69, 9.17) is 4.74 Å². The van der Waals surface area contributed by atoms with E-state index in [9.17, 15) is 8.42 Å². The van der Waals surface area contributed by atoms with Gasteiger partial charge in [-0.05, 0) is 55.3 Å². The number of rotatable bonds is 4. The molecular weight excluding hydrogens is 286 g/mol. The minimum absolute atomic E-state index is 0.242. The zero-order valence-corrected chi connectivity index (χ0v) is 13.4. The molecule has 0 N–H and O–H groups in total. The maximum Gasteiger partial charge on any atom is 0.264 e. The van der Waals surface area contributed by atoms with E-state index in [-0.39, 0.29) is 4.90 Å². The van der Waals surface area contributed by atoms with Crippen LogP contribution in [0, 0.1) is 13.8 Å². The van der Waals surface area contributed by atoms with Gasteiger partial charge in [0.05, 0.1) is 17.7 Å². The lowest BCUT2D eigenvalue weighted by Crippen LogP contribution is -2.27. The maximum absolute atomic E-state index is 12.7.